The molecule has 1 aromatic rings. The molecule has 1 aromatic heterocycles. The average molecular weight is 266 g/mol. The van der Waals surface area contributed by atoms with Gasteiger partial charge >= 0.3 is 0 Å². The molecule has 0 spiro atoms. The summed E-state index contributed by atoms with van der Waals surface area (Å²) in [4.78, 5) is 12.3. The van der Waals surface area contributed by atoms with Crippen LogP contribution in [-0.2, 0) is 11.3 Å². The summed E-state index contributed by atoms with van der Waals surface area (Å²) in [6.07, 6.45) is 5.41. The van der Waals surface area contributed by atoms with E-state index in [1.54, 1.807) is 18.3 Å². The first-order valence-electron chi connectivity index (χ1n) is 6.64. The van der Waals surface area contributed by atoms with Crippen LogP contribution in [0.3, 0.4) is 0 Å². The van der Waals surface area contributed by atoms with Gasteiger partial charge < -0.3 is 10.6 Å². The van der Waals surface area contributed by atoms with E-state index in [0.29, 0.717) is 5.41 Å². The second-order valence-corrected chi connectivity index (χ2v) is 6.56. The number of thiophene rings is 1. The van der Waals surface area contributed by atoms with Crippen molar-refractivity contribution in [3.63, 3.8) is 0 Å². The highest BCUT2D eigenvalue weighted by molar-refractivity contribution is 7.10. The maximum Gasteiger partial charge on any atom is 0.221 e. The molecule has 0 aliphatic heterocycles. The summed E-state index contributed by atoms with van der Waals surface area (Å²) in [5.74, 6) is -0.00240. The van der Waals surface area contributed by atoms with Crippen LogP contribution in [0.4, 0.5) is 5.69 Å². The fourth-order valence-corrected chi connectivity index (χ4v) is 3.46. The second-order valence-electron chi connectivity index (χ2n) is 5.56. The van der Waals surface area contributed by atoms with Crippen molar-refractivity contribution < 1.29 is 4.79 Å². The molecule has 4 heteroatoms. The van der Waals surface area contributed by atoms with E-state index < -0.39 is 0 Å². The molecule has 0 radical (unpaired) electrons. The van der Waals surface area contributed by atoms with Crippen molar-refractivity contribution in [2.75, 3.05) is 11.9 Å². The van der Waals surface area contributed by atoms with Gasteiger partial charge in [0.25, 0.3) is 0 Å². The van der Waals surface area contributed by atoms with Crippen molar-refractivity contribution in [1.82, 2.24) is 5.32 Å². The lowest BCUT2D eigenvalue weighted by Gasteiger charge is -2.23. The Balaban J connectivity index is 1.83. The summed E-state index contributed by atoms with van der Waals surface area (Å²) in [6, 6.07) is 1.97. The molecule has 100 valence electrons. The molecule has 0 unspecified atom stereocenters. The molecule has 1 aliphatic rings. The van der Waals surface area contributed by atoms with Crippen LogP contribution in [0.1, 0.15) is 44.4 Å². The number of rotatable bonds is 5. The smallest absolute Gasteiger partial charge is 0.221 e. The number of nitrogens with one attached hydrogen (secondary N) is 2. The topological polar surface area (TPSA) is 41.1 Å². The molecular formula is C14H22N2OS. The Bertz CT molecular complexity index is 408. The lowest BCUT2D eigenvalue weighted by molar-refractivity contribution is -0.114. The standard InChI is InChI=1S/C14H22N2OS/c1-11(17)16-12-5-8-18-13(12)9-15-10-14(2)6-3-4-7-14/h5,8,15H,3-4,6-7,9-10H2,1-2H3,(H,16,17). The lowest BCUT2D eigenvalue weighted by atomic mass is 9.89. The summed E-state index contributed by atoms with van der Waals surface area (Å²) in [6.45, 7) is 5.85. The van der Waals surface area contributed by atoms with Gasteiger partial charge in [0.05, 0.1) is 5.69 Å². The Kier molecular flexibility index (Phi) is 4.40. The largest absolute Gasteiger partial charge is 0.325 e. The summed E-state index contributed by atoms with van der Waals surface area (Å²) in [5, 5.41) is 8.44. The molecule has 18 heavy (non-hydrogen) atoms. The van der Waals surface area contributed by atoms with Crippen LogP contribution in [0.15, 0.2) is 11.4 Å². The molecule has 1 fully saturated rings. The Hall–Kier alpha value is -0.870. The van der Waals surface area contributed by atoms with Gasteiger partial charge in [0.1, 0.15) is 0 Å². The van der Waals surface area contributed by atoms with Crippen molar-refractivity contribution in [2.24, 2.45) is 5.41 Å². The Morgan fingerprint density at radius 1 is 1.44 bits per heavy atom. The summed E-state index contributed by atoms with van der Waals surface area (Å²) < 4.78 is 0. The fourth-order valence-electron chi connectivity index (χ4n) is 2.66. The van der Waals surface area contributed by atoms with Crippen LogP contribution in [0, 0.1) is 5.41 Å². The molecule has 0 aromatic carbocycles. The predicted molar refractivity (Wildman–Crippen MR) is 76.9 cm³/mol. The first kappa shape index (κ1) is 13.6. The lowest BCUT2D eigenvalue weighted by Crippen LogP contribution is -2.29. The molecule has 3 nitrogen and oxygen atoms in total. The minimum Gasteiger partial charge on any atom is -0.325 e. The highest BCUT2D eigenvalue weighted by atomic mass is 32.1. The second kappa shape index (κ2) is 5.85. The van der Waals surface area contributed by atoms with Crippen LogP contribution in [-0.4, -0.2) is 12.5 Å². The minimum absolute atomic E-state index is 0.00240. The zero-order valence-corrected chi connectivity index (χ0v) is 12.0. The molecule has 2 rings (SSSR count). The zero-order valence-electron chi connectivity index (χ0n) is 11.2. The predicted octanol–water partition coefficient (Wildman–Crippen LogP) is 3.38. The summed E-state index contributed by atoms with van der Waals surface area (Å²) in [7, 11) is 0. The van der Waals surface area contributed by atoms with E-state index >= 15 is 0 Å². The van der Waals surface area contributed by atoms with Crippen LogP contribution in [0.5, 0.6) is 0 Å². The fraction of sp³-hybridized carbons (Fsp3) is 0.643. The molecule has 0 saturated heterocycles. The highest BCUT2D eigenvalue weighted by Gasteiger charge is 2.27. The van der Waals surface area contributed by atoms with Gasteiger partial charge in [0.15, 0.2) is 0 Å². The molecule has 2 N–H and O–H groups in total. The molecular weight excluding hydrogens is 244 g/mol. The zero-order chi connectivity index (χ0) is 13.0. The molecule has 1 aliphatic carbocycles. The third kappa shape index (κ3) is 3.56. The highest BCUT2D eigenvalue weighted by Crippen LogP contribution is 2.36. The molecule has 0 bridgehead atoms. The number of carbonyl (C=O) groups excluding carboxylic acids is 1. The maximum absolute atomic E-state index is 11.1. The van der Waals surface area contributed by atoms with Crippen molar-refractivity contribution in [2.45, 2.75) is 46.1 Å². The van der Waals surface area contributed by atoms with E-state index in [2.05, 4.69) is 17.6 Å². The van der Waals surface area contributed by atoms with E-state index in [0.717, 1.165) is 18.8 Å². The molecule has 1 saturated carbocycles. The van der Waals surface area contributed by atoms with Crippen molar-refractivity contribution in [3.05, 3.63) is 16.3 Å². The molecule has 1 amide bonds. The first-order valence-corrected chi connectivity index (χ1v) is 7.52. The number of hydrogen-bond acceptors (Lipinski definition) is 3. The van der Waals surface area contributed by atoms with Crippen LogP contribution in [0.25, 0.3) is 0 Å². The van der Waals surface area contributed by atoms with Gasteiger partial charge in [-0.1, -0.05) is 19.8 Å². The van der Waals surface area contributed by atoms with Crippen molar-refractivity contribution in [3.8, 4) is 0 Å². The van der Waals surface area contributed by atoms with E-state index in [1.807, 2.05) is 11.4 Å². The number of amides is 1. The Labute approximate surface area is 113 Å². The van der Waals surface area contributed by atoms with Gasteiger partial charge in [-0.05, 0) is 29.7 Å². The minimum atomic E-state index is -0.00240. The van der Waals surface area contributed by atoms with Gasteiger partial charge in [-0.2, -0.15) is 0 Å². The van der Waals surface area contributed by atoms with Crippen molar-refractivity contribution in [1.29, 1.82) is 0 Å². The van der Waals surface area contributed by atoms with Gasteiger partial charge in [0.2, 0.25) is 5.91 Å². The average Bonchev–Trinajstić information content (AvgIpc) is 2.89. The Morgan fingerprint density at radius 2 is 2.17 bits per heavy atom. The van der Waals surface area contributed by atoms with Crippen molar-refractivity contribution >= 4 is 22.9 Å². The molecule has 1 heterocycles. The third-order valence-corrected chi connectivity index (χ3v) is 4.63. The van der Waals surface area contributed by atoms with Gasteiger partial charge in [-0.15, -0.1) is 11.3 Å². The molecule has 0 atom stereocenters. The number of carbonyl (C=O) groups is 1. The van der Waals surface area contributed by atoms with E-state index in [1.165, 1.54) is 30.6 Å². The van der Waals surface area contributed by atoms with Gasteiger partial charge in [0, 0.05) is 24.9 Å². The third-order valence-electron chi connectivity index (χ3n) is 3.70. The Morgan fingerprint density at radius 3 is 2.83 bits per heavy atom. The number of hydrogen-bond donors (Lipinski definition) is 2. The monoisotopic (exact) mass is 266 g/mol. The summed E-state index contributed by atoms with van der Waals surface area (Å²) >= 11 is 1.70. The van der Waals surface area contributed by atoms with Crippen LogP contribution < -0.4 is 10.6 Å². The van der Waals surface area contributed by atoms with E-state index in [-0.39, 0.29) is 5.91 Å². The van der Waals surface area contributed by atoms with Gasteiger partial charge in [-0.25, -0.2) is 0 Å². The number of anilines is 1. The van der Waals surface area contributed by atoms with Crippen LogP contribution >= 0.6 is 11.3 Å². The van der Waals surface area contributed by atoms with Gasteiger partial charge in [-0.3, -0.25) is 4.79 Å². The normalized spacial score (nSPS) is 17.9. The maximum atomic E-state index is 11.1. The first-order chi connectivity index (χ1) is 8.59. The van der Waals surface area contributed by atoms with E-state index in [4.69, 9.17) is 0 Å². The van der Waals surface area contributed by atoms with Crippen LogP contribution in [0.2, 0.25) is 0 Å². The van der Waals surface area contributed by atoms with E-state index in [9.17, 15) is 4.79 Å². The SMILES string of the molecule is CC(=O)Nc1ccsc1CNCC1(C)CCCC1. The quantitative estimate of drug-likeness (QED) is 0.858. The summed E-state index contributed by atoms with van der Waals surface area (Å²) in [5.41, 5.74) is 1.43.